The Kier molecular flexibility index (Phi) is 6.16. The number of likely N-dealkylation sites (tertiary alicyclic amines) is 1. The summed E-state index contributed by atoms with van der Waals surface area (Å²) in [6, 6.07) is -1.69. The van der Waals surface area contributed by atoms with Crippen LogP contribution in [-0.2, 0) is 19.2 Å². The fourth-order valence-electron chi connectivity index (χ4n) is 3.87. The molecule has 8 heteroatoms. The van der Waals surface area contributed by atoms with Crippen LogP contribution in [0.5, 0.6) is 0 Å². The molecule has 2 fully saturated rings. The molecular weight excluding hydrogens is 312 g/mol. The van der Waals surface area contributed by atoms with Crippen molar-refractivity contribution in [1.29, 1.82) is 0 Å². The fourth-order valence-corrected chi connectivity index (χ4v) is 3.87. The van der Waals surface area contributed by atoms with Crippen molar-refractivity contribution < 1.29 is 19.2 Å². The molecule has 0 bridgehead atoms. The summed E-state index contributed by atoms with van der Waals surface area (Å²) in [6.45, 7) is 1.62. The lowest BCUT2D eigenvalue weighted by atomic mass is 9.83. The monoisotopic (exact) mass is 338 g/mol. The number of nitrogens with two attached hydrogens (primary N) is 1. The van der Waals surface area contributed by atoms with Crippen LogP contribution < -0.4 is 16.4 Å². The van der Waals surface area contributed by atoms with E-state index >= 15 is 0 Å². The van der Waals surface area contributed by atoms with Gasteiger partial charge in [-0.15, -0.1) is 0 Å². The van der Waals surface area contributed by atoms with Gasteiger partial charge < -0.3 is 21.3 Å². The molecule has 1 saturated heterocycles. The van der Waals surface area contributed by atoms with E-state index in [2.05, 4.69) is 10.6 Å². The first kappa shape index (κ1) is 18.2. The third-order valence-corrected chi connectivity index (χ3v) is 4.95. The van der Waals surface area contributed by atoms with E-state index in [4.69, 9.17) is 5.73 Å². The molecule has 4 amide bonds. The summed E-state index contributed by atoms with van der Waals surface area (Å²) >= 11 is 0. The maximum absolute atomic E-state index is 13.0. The molecule has 1 aliphatic heterocycles. The summed E-state index contributed by atoms with van der Waals surface area (Å²) in [5, 5.41) is 5.36. The van der Waals surface area contributed by atoms with Crippen LogP contribution in [0.15, 0.2) is 0 Å². The molecule has 24 heavy (non-hydrogen) atoms. The number of rotatable bonds is 6. The SMILES string of the molecule is CC(=O)NC1CC(C(N)=O)N(C(=O)C(NC=O)C2CCCCC2)C1. The number of amides is 4. The summed E-state index contributed by atoms with van der Waals surface area (Å²) in [5.41, 5.74) is 5.44. The molecule has 134 valence electrons. The second kappa shape index (κ2) is 8.12. The number of primary amides is 1. The van der Waals surface area contributed by atoms with Crippen LogP contribution in [0.3, 0.4) is 0 Å². The van der Waals surface area contributed by atoms with Gasteiger partial charge in [0.05, 0.1) is 0 Å². The molecule has 3 unspecified atom stereocenters. The molecule has 3 atom stereocenters. The van der Waals surface area contributed by atoms with Gasteiger partial charge in [0.25, 0.3) is 0 Å². The Morgan fingerprint density at radius 2 is 1.88 bits per heavy atom. The summed E-state index contributed by atoms with van der Waals surface area (Å²) in [6.07, 6.45) is 5.79. The van der Waals surface area contributed by atoms with Crippen molar-refractivity contribution in [3.63, 3.8) is 0 Å². The lowest BCUT2D eigenvalue weighted by molar-refractivity contribution is -0.141. The number of nitrogens with zero attached hydrogens (tertiary/aromatic N) is 1. The van der Waals surface area contributed by atoms with Gasteiger partial charge >= 0.3 is 0 Å². The predicted octanol–water partition coefficient (Wildman–Crippen LogP) is -0.728. The normalized spacial score (nSPS) is 25.8. The van der Waals surface area contributed by atoms with Crippen molar-refractivity contribution in [2.24, 2.45) is 11.7 Å². The molecule has 2 rings (SSSR count). The molecule has 0 aromatic carbocycles. The Balaban J connectivity index is 2.14. The minimum atomic E-state index is -0.756. The smallest absolute Gasteiger partial charge is 0.246 e. The minimum Gasteiger partial charge on any atom is -0.368 e. The molecule has 0 aromatic heterocycles. The highest BCUT2D eigenvalue weighted by Crippen LogP contribution is 2.29. The van der Waals surface area contributed by atoms with Crippen LogP contribution in [0.25, 0.3) is 0 Å². The van der Waals surface area contributed by atoms with Crippen LogP contribution in [0.2, 0.25) is 0 Å². The van der Waals surface area contributed by atoms with E-state index in [0.717, 1.165) is 32.1 Å². The summed E-state index contributed by atoms with van der Waals surface area (Å²) in [7, 11) is 0. The highest BCUT2D eigenvalue weighted by Gasteiger charge is 2.42. The quantitative estimate of drug-likeness (QED) is 0.553. The van der Waals surface area contributed by atoms with Crippen molar-refractivity contribution in [3.05, 3.63) is 0 Å². The fraction of sp³-hybridized carbons (Fsp3) is 0.750. The molecule has 0 aromatic rings. The number of nitrogens with one attached hydrogen (secondary N) is 2. The number of hydrogen-bond acceptors (Lipinski definition) is 4. The van der Waals surface area contributed by atoms with E-state index in [1.165, 1.54) is 11.8 Å². The van der Waals surface area contributed by atoms with Crippen molar-refractivity contribution in [1.82, 2.24) is 15.5 Å². The number of hydrogen-bond donors (Lipinski definition) is 3. The van der Waals surface area contributed by atoms with Crippen molar-refractivity contribution in [2.45, 2.75) is 63.6 Å². The highest BCUT2D eigenvalue weighted by atomic mass is 16.2. The summed E-state index contributed by atoms with van der Waals surface area (Å²) < 4.78 is 0. The van der Waals surface area contributed by atoms with Crippen molar-refractivity contribution in [2.75, 3.05) is 6.54 Å². The van der Waals surface area contributed by atoms with Gasteiger partial charge in [0, 0.05) is 19.5 Å². The Morgan fingerprint density at radius 3 is 2.42 bits per heavy atom. The third kappa shape index (κ3) is 4.24. The second-order valence-electron chi connectivity index (χ2n) is 6.70. The van der Waals surface area contributed by atoms with Gasteiger partial charge in [-0.1, -0.05) is 19.3 Å². The van der Waals surface area contributed by atoms with E-state index < -0.39 is 18.0 Å². The van der Waals surface area contributed by atoms with Crippen molar-refractivity contribution in [3.8, 4) is 0 Å². The highest BCUT2D eigenvalue weighted by molar-refractivity contribution is 5.91. The molecule has 0 radical (unpaired) electrons. The third-order valence-electron chi connectivity index (χ3n) is 4.95. The largest absolute Gasteiger partial charge is 0.368 e. The zero-order valence-corrected chi connectivity index (χ0v) is 14.0. The van der Waals surface area contributed by atoms with Gasteiger partial charge in [-0.25, -0.2) is 0 Å². The molecule has 2 aliphatic rings. The maximum atomic E-state index is 13.0. The van der Waals surface area contributed by atoms with Crippen LogP contribution in [0, 0.1) is 5.92 Å². The average molecular weight is 338 g/mol. The topological polar surface area (TPSA) is 122 Å². The molecule has 4 N–H and O–H groups in total. The van der Waals surface area contributed by atoms with Crippen LogP contribution >= 0.6 is 0 Å². The summed E-state index contributed by atoms with van der Waals surface area (Å²) in [5.74, 6) is -1.02. The van der Waals surface area contributed by atoms with Crippen LogP contribution in [-0.4, -0.2) is 53.7 Å². The van der Waals surface area contributed by atoms with Crippen LogP contribution in [0.1, 0.15) is 45.4 Å². The average Bonchev–Trinajstić information content (AvgIpc) is 2.96. The maximum Gasteiger partial charge on any atom is 0.246 e. The zero-order valence-electron chi connectivity index (χ0n) is 14.0. The second-order valence-corrected chi connectivity index (χ2v) is 6.70. The van der Waals surface area contributed by atoms with Crippen molar-refractivity contribution >= 4 is 24.1 Å². The minimum absolute atomic E-state index is 0.0739. The van der Waals surface area contributed by atoms with E-state index in [1.807, 2.05) is 0 Å². The molecule has 1 aliphatic carbocycles. The molecule has 1 heterocycles. The molecule has 1 saturated carbocycles. The first-order chi connectivity index (χ1) is 11.4. The lowest BCUT2D eigenvalue weighted by Crippen LogP contribution is -2.54. The number of carbonyl (C=O) groups excluding carboxylic acids is 4. The van der Waals surface area contributed by atoms with E-state index in [-0.39, 0.29) is 30.3 Å². The Labute approximate surface area is 141 Å². The van der Waals surface area contributed by atoms with Gasteiger partial charge in [0.15, 0.2) is 0 Å². The summed E-state index contributed by atoms with van der Waals surface area (Å²) in [4.78, 5) is 48.3. The standard InChI is InChI=1S/C16H26N4O4/c1-10(22)19-12-7-13(15(17)23)20(8-12)16(24)14(18-9-21)11-5-3-2-4-6-11/h9,11-14H,2-8H2,1H3,(H2,17,23)(H,18,21)(H,19,22). The van der Waals surface area contributed by atoms with Crippen LogP contribution in [0.4, 0.5) is 0 Å². The van der Waals surface area contributed by atoms with Gasteiger partial charge in [-0.3, -0.25) is 19.2 Å². The Hall–Kier alpha value is -2.12. The zero-order chi connectivity index (χ0) is 17.7. The Bertz CT molecular complexity index is 504. The molecule has 0 spiro atoms. The van der Waals surface area contributed by atoms with E-state index in [9.17, 15) is 19.2 Å². The predicted molar refractivity (Wildman–Crippen MR) is 86.5 cm³/mol. The van der Waals surface area contributed by atoms with Gasteiger partial charge in [0.2, 0.25) is 24.1 Å². The molecule has 8 nitrogen and oxygen atoms in total. The number of carbonyl (C=O) groups is 4. The van der Waals surface area contributed by atoms with E-state index in [0.29, 0.717) is 12.8 Å². The van der Waals surface area contributed by atoms with Gasteiger partial charge in [-0.2, -0.15) is 0 Å². The first-order valence-corrected chi connectivity index (χ1v) is 8.50. The van der Waals surface area contributed by atoms with Gasteiger partial charge in [0.1, 0.15) is 12.1 Å². The first-order valence-electron chi connectivity index (χ1n) is 8.50. The van der Waals surface area contributed by atoms with Gasteiger partial charge in [-0.05, 0) is 25.2 Å². The Morgan fingerprint density at radius 1 is 1.21 bits per heavy atom. The molecular formula is C16H26N4O4. The van der Waals surface area contributed by atoms with E-state index in [1.54, 1.807) is 0 Å². The lowest BCUT2D eigenvalue weighted by Gasteiger charge is -2.33.